The number of hydrogen-bond acceptors (Lipinski definition) is 13. The molecule has 4 rings (SSSR count). The van der Waals surface area contributed by atoms with Crippen LogP contribution in [-0.4, -0.2) is 48.9 Å². The molecule has 0 aliphatic carbocycles. The zero-order valence-corrected chi connectivity index (χ0v) is 24.2. The Morgan fingerprint density at radius 2 is 1.47 bits per heavy atom. The van der Waals surface area contributed by atoms with Crippen LogP contribution in [0.25, 0.3) is 10.8 Å². The summed E-state index contributed by atoms with van der Waals surface area (Å²) in [5, 5.41) is 32.4. The van der Waals surface area contributed by atoms with Crippen molar-refractivity contribution in [3.05, 3.63) is 53.4 Å². The summed E-state index contributed by atoms with van der Waals surface area (Å²) in [6, 6.07) is 3.96. The maximum Gasteiger partial charge on any atom is 2.00 e. The van der Waals surface area contributed by atoms with Crippen LogP contribution in [-0.2, 0) is 47.4 Å². The van der Waals surface area contributed by atoms with E-state index in [0.717, 1.165) is 18.2 Å². The molecule has 0 unspecified atom stereocenters. The Labute approximate surface area is 254 Å². The van der Waals surface area contributed by atoms with E-state index in [-0.39, 0.29) is 28.8 Å². The van der Waals surface area contributed by atoms with Crippen LogP contribution in [0.2, 0.25) is 5.02 Å². The van der Waals surface area contributed by atoms with Gasteiger partial charge in [0.2, 0.25) is 5.95 Å². The number of anilines is 2. The van der Waals surface area contributed by atoms with E-state index in [1.807, 2.05) is 0 Å². The van der Waals surface area contributed by atoms with E-state index < -0.39 is 102 Å². The Hall–Kier alpha value is -3.60. The molecule has 43 heavy (non-hydrogen) atoms. The first-order valence-corrected chi connectivity index (χ1v) is 15.1. The Balaban J connectivity index is 0.00000506. The number of rotatable bonds is 7. The van der Waals surface area contributed by atoms with E-state index in [2.05, 4.69) is 25.5 Å². The minimum absolute atomic E-state index is 0. The summed E-state index contributed by atoms with van der Waals surface area (Å²) in [7, 11) is -15.9. The molecule has 1 aromatic heterocycles. The number of azo groups is 1. The second-order valence-electron chi connectivity index (χ2n) is 7.95. The molecular weight excluding hydrogens is 719 g/mol. The molecule has 0 amide bonds. The van der Waals surface area contributed by atoms with Crippen LogP contribution >= 0.6 is 11.6 Å². The van der Waals surface area contributed by atoms with Gasteiger partial charge in [0.15, 0.2) is 5.82 Å². The molecule has 3 aromatic carbocycles. The van der Waals surface area contributed by atoms with E-state index in [1.165, 1.54) is 0 Å². The fourth-order valence-electron chi connectivity index (χ4n) is 3.44. The van der Waals surface area contributed by atoms with E-state index in [9.17, 15) is 57.9 Å². The molecule has 0 aliphatic rings. The maximum absolute atomic E-state index is 13.5. The molecule has 0 atom stereocenters. The Kier molecular flexibility index (Phi) is 9.32. The molecule has 4 aromatic rings. The Morgan fingerprint density at radius 3 is 2.02 bits per heavy atom. The van der Waals surface area contributed by atoms with E-state index >= 15 is 0 Å². The minimum Gasteiger partial charge on any atom is -0.871 e. The van der Waals surface area contributed by atoms with Crippen molar-refractivity contribution in [1.29, 1.82) is 0 Å². The third kappa shape index (κ3) is 7.14. The quantitative estimate of drug-likeness (QED) is 0.0700. The van der Waals surface area contributed by atoms with Crippen LogP contribution in [0.3, 0.4) is 0 Å². The molecule has 0 saturated carbocycles. The standard InChI is InChI=1S/C20H12ClF2N5O11S3.Cu/c21-15-18(22)25-20(23)26-19(15)24-8-1-2-10(11(29)5-8)27-28-16-13(42(37,38)39)4-7-3-9(40(31,32)33)6-12(41(34,35)36)14(7)17(16)30;/h1-6,29-30H,(H,24,25,26)(H,31,32,33)(H,34,35,36)(H,37,38,39);/q;+2/p-2. The largest absolute Gasteiger partial charge is 2.00 e. The smallest absolute Gasteiger partial charge is 0.871 e. The molecule has 23 heteroatoms. The predicted octanol–water partition coefficient (Wildman–Crippen LogP) is 2.61. The van der Waals surface area contributed by atoms with Crippen molar-refractivity contribution < 1.29 is 75.0 Å². The van der Waals surface area contributed by atoms with Gasteiger partial charge in [0.05, 0.1) is 16.3 Å². The molecule has 0 bridgehead atoms. The predicted molar refractivity (Wildman–Crippen MR) is 133 cm³/mol. The molecule has 0 spiro atoms. The van der Waals surface area contributed by atoms with Crippen molar-refractivity contribution in [1.82, 2.24) is 9.97 Å². The minimum atomic E-state index is -5.39. The number of hydrogen-bond donors (Lipinski definition) is 4. The van der Waals surface area contributed by atoms with Gasteiger partial charge in [-0.2, -0.15) is 49.1 Å². The van der Waals surface area contributed by atoms with Gasteiger partial charge in [0.25, 0.3) is 30.4 Å². The van der Waals surface area contributed by atoms with Crippen molar-refractivity contribution in [3.8, 4) is 11.5 Å². The van der Waals surface area contributed by atoms with Crippen molar-refractivity contribution in [2.75, 3.05) is 5.32 Å². The molecular formula is C20H10ClCuF2N5O11S3. The molecule has 4 N–H and O–H groups in total. The van der Waals surface area contributed by atoms with Crippen LogP contribution in [0.15, 0.2) is 61.3 Å². The number of nitrogens with zero attached hydrogens (tertiary/aromatic N) is 4. The number of nitrogens with one attached hydrogen (secondary N) is 1. The summed E-state index contributed by atoms with van der Waals surface area (Å²) in [5.41, 5.74) is -1.96. The summed E-state index contributed by atoms with van der Waals surface area (Å²) in [4.78, 5) is 2.17. The van der Waals surface area contributed by atoms with Crippen molar-refractivity contribution in [2.24, 2.45) is 10.2 Å². The molecule has 1 radical (unpaired) electrons. The molecule has 0 aliphatic heterocycles. The van der Waals surface area contributed by atoms with Crippen molar-refractivity contribution in [3.63, 3.8) is 0 Å². The van der Waals surface area contributed by atoms with Gasteiger partial charge in [0.1, 0.15) is 14.8 Å². The van der Waals surface area contributed by atoms with Crippen molar-refractivity contribution >= 4 is 75.6 Å². The third-order valence-corrected chi connectivity index (χ3v) is 8.10. The van der Waals surface area contributed by atoms with Crippen LogP contribution in [0.1, 0.15) is 0 Å². The number of benzene rings is 3. The second-order valence-corrected chi connectivity index (χ2v) is 12.5. The molecule has 0 saturated heterocycles. The number of halogens is 3. The number of aromatic nitrogens is 2. The van der Waals surface area contributed by atoms with Gasteiger partial charge >= 0.3 is 23.1 Å². The summed E-state index contributed by atoms with van der Waals surface area (Å²) in [6.45, 7) is 0. The zero-order chi connectivity index (χ0) is 31.4. The summed E-state index contributed by atoms with van der Waals surface area (Å²) in [5.74, 6) is -4.53. The monoisotopic (exact) mass is 728 g/mol. The van der Waals surface area contributed by atoms with E-state index in [4.69, 9.17) is 11.6 Å². The fraction of sp³-hybridized carbons (Fsp3) is 0. The number of fused-ring (bicyclic) bond motifs is 1. The third-order valence-electron chi connectivity index (χ3n) is 5.19. The molecule has 0 fully saturated rings. The Bertz CT molecular complexity index is 2170. The van der Waals surface area contributed by atoms with Crippen LogP contribution in [0, 0.1) is 12.0 Å². The first-order valence-electron chi connectivity index (χ1n) is 10.4. The van der Waals surface area contributed by atoms with Gasteiger partial charge in [-0.25, -0.2) is 0 Å². The van der Waals surface area contributed by atoms with E-state index in [1.54, 1.807) is 0 Å². The zero-order valence-electron chi connectivity index (χ0n) is 20.0. The van der Waals surface area contributed by atoms with Crippen LogP contribution in [0.5, 0.6) is 11.5 Å². The Morgan fingerprint density at radius 1 is 0.837 bits per heavy atom. The molecule has 231 valence electrons. The van der Waals surface area contributed by atoms with Crippen molar-refractivity contribution in [2.45, 2.75) is 14.7 Å². The van der Waals surface area contributed by atoms with Gasteiger partial charge in [-0.1, -0.05) is 23.1 Å². The summed E-state index contributed by atoms with van der Waals surface area (Å²) in [6.07, 6.45) is -1.48. The topological polar surface area (TPSA) is 272 Å². The first-order chi connectivity index (χ1) is 19.3. The first kappa shape index (κ1) is 33.9. The SMILES string of the molecule is O=S(=O)(O)c1cc(S(=O)(=O)O)c2c([O-])c(N=Nc3ccc(Nc4nc(F)nc(F)c4Cl)cc3[O-])c(S(=O)(=O)O)cc2c1.[Cu+2]. The van der Waals surface area contributed by atoms with E-state index in [0.29, 0.717) is 12.1 Å². The average Bonchev–Trinajstić information content (AvgIpc) is 2.85. The van der Waals surface area contributed by atoms with Gasteiger partial charge in [-0.3, -0.25) is 13.7 Å². The van der Waals surface area contributed by atoms with Crippen LogP contribution in [0.4, 0.5) is 31.7 Å². The van der Waals surface area contributed by atoms with Gasteiger partial charge in [-0.05, 0) is 47.2 Å². The van der Waals surface area contributed by atoms with Crippen LogP contribution < -0.4 is 15.5 Å². The fourth-order valence-corrected chi connectivity index (χ4v) is 5.59. The maximum atomic E-state index is 13.5. The molecule has 16 nitrogen and oxygen atoms in total. The van der Waals surface area contributed by atoms with Gasteiger partial charge in [-0.15, -0.1) is 5.11 Å². The normalized spacial score (nSPS) is 12.4. The average molecular weight is 730 g/mol. The summed E-state index contributed by atoms with van der Waals surface area (Å²) >= 11 is 5.65. The second kappa shape index (κ2) is 11.8. The summed E-state index contributed by atoms with van der Waals surface area (Å²) < 4.78 is 126. The van der Waals surface area contributed by atoms with Gasteiger partial charge in [0, 0.05) is 5.69 Å². The van der Waals surface area contributed by atoms with Gasteiger partial charge < -0.3 is 15.5 Å². The molecule has 1 heterocycles.